The van der Waals surface area contributed by atoms with E-state index in [2.05, 4.69) is 42.9 Å². The molecule has 6 heterocycles. The normalized spacial score (nSPS) is 21.9. The van der Waals surface area contributed by atoms with E-state index in [1.807, 2.05) is 17.6 Å². The summed E-state index contributed by atoms with van der Waals surface area (Å²) in [5.74, 6) is 1.97. The smallest absolute Gasteiger partial charge is 0.239 e. The molecule has 3 aromatic rings. The maximum atomic E-state index is 12.9. The molecule has 0 saturated carbocycles. The number of piperidine rings is 1. The van der Waals surface area contributed by atoms with Gasteiger partial charge in [0.15, 0.2) is 5.65 Å². The largest absolute Gasteiger partial charge is 0.477 e. The first-order valence-corrected chi connectivity index (χ1v) is 14.8. The molecule has 3 aliphatic heterocycles. The third-order valence-corrected chi connectivity index (χ3v) is 8.84. The minimum atomic E-state index is 0.0690. The number of carbonyl (C=O) groups is 1. The average Bonchev–Trinajstić information content (AvgIpc) is 3.76. The van der Waals surface area contributed by atoms with E-state index in [4.69, 9.17) is 9.47 Å². The number of hydrogen-bond acceptors (Lipinski definition) is 9. The minimum absolute atomic E-state index is 0.0690. The summed E-state index contributed by atoms with van der Waals surface area (Å²) in [4.78, 5) is 35.3. The number of likely N-dealkylation sites (N-methyl/N-ethyl adjacent to an activating group) is 1. The Hall–Kier alpha value is -3.62. The van der Waals surface area contributed by atoms with E-state index in [9.17, 15) is 10.1 Å². The lowest BCUT2D eigenvalue weighted by atomic mass is 9.93. The quantitative estimate of drug-likeness (QED) is 0.410. The Balaban J connectivity index is 1.07. The fourth-order valence-corrected chi connectivity index (χ4v) is 6.37. The molecule has 11 heteroatoms. The Morgan fingerprint density at radius 1 is 1.15 bits per heavy atom. The van der Waals surface area contributed by atoms with Crippen LogP contribution >= 0.6 is 0 Å². The summed E-state index contributed by atoms with van der Waals surface area (Å²) in [6, 6.07) is 4.15. The number of nitrogens with zero attached hydrogens (tertiary/aromatic N) is 8. The molecule has 2 atom stereocenters. The van der Waals surface area contributed by atoms with Crippen molar-refractivity contribution in [3.63, 3.8) is 0 Å². The van der Waals surface area contributed by atoms with Crippen molar-refractivity contribution in [2.45, 2.75) is 58.0 Å². The third-order valence-electron chi connectivity index (χ3n) is 8.84. The highest BCUT2D eigenvalue weighted by Crippen LogP contribution is 2.29. The van der Waals surface area contributed by atoms with Gasteiger partial charge in [-0.15, -0.1) is 0 Å². The van der Waals surface area contributed by atoms with Crippen LogP contribution in [0.15, 0.2) is 18.6 Å². The van der Waals surface area contributed by atoms with Crippen LogP contribution < -0.4 is 4.74 Å². The second-order valence-electron chi connectivity index (χ2n) is 11.7. The number of ether oxygens (including phenoxy) is 2. The number of imidazole rings is 1. The average molecular weight is 559 g/mol. The van der Waals surface area contributed by atoms with E-state index in [1.54, 1.807) is 12.5 Å². The second kappa shape index (κ2) is 12.1. The molecule has 0 radical (unpaired) electrons. The molecule has 6 rings (SSSR count). The number of amides is 1. The molecule has 0 aromatic carbocycles. The molecule has 3 aromatic heterocycles. The number of likely N-dealkylation sites (tertiary alicyclic amines) is 2. The zero-order valence-corrected chi connectivity index (χ0v) is 24.0. The van der Waals surface area contributed by atoms with Gasteiger partial charge in [-0.1, -0.05) is 0 Å². The van der Waals surface area contributed by atoms with E-state index in [-0.39, 0.29) is 11.9 Å². The Bertz CT molecular complexity index is 1440. The summed E-state index contributed by atoms with van der Waals surface area (Å²) >= 11 is 0. The molecule has 41 heavy (non-hydrogen) atoms. The van der Waals surface area contributed by atoms with Gasteiger partial charge in [-0.05, 0) is 71.0 Å². The topological polar surface area (TPSA) is 122 Å². The first kappa shape index (κ1) is 27.5. The van der Waals surface area contributed by atoms with E-state index in [0.29, 0.717) is 47.1 Å². The summed E-state index contributed by atoms with van der Waals surface area (Å²) in [7, 11) is 2.06. The van der Waals surface area contributed by atoms with Crippen molar-refractivity contribution in [1.29, 1.82) is 5.26 Å². The Labute approximate surface area is 240 Å². The lowest BCUT2D eigenvalue weighted by Gasteiger charge is -2.34. The highest BCUT2D eigenvalue weighted by Gasteiger charge is 2.33. The number of nitriles is 1. The van der Waals surface area contributed by atoms with Crippen LogP contribution in [-0.4, -0.2) is 92.8 Å². The number of aromatic nitrogens is 5. The van der Waals surface area contributed by atoms with Crippen molar-refractivity contribution >= 4 is 17.1 Å². The van der Waals surface area contributed by atoms with Crippen LogP contribution in [0.2, 0.25) is 0 Å². The molecule has 3 saturated heterocycles. The minimum Gasteiger partial charge on any atom is -0.477 e. The summed E-state index contributed by atoms with van der Waals surface area (Å²) < 4.78 is 13.6. The lowest BCUT2D eigenvalue weighted by Crippen LogP contribution is -2.47. The second-order valence-corrected chi connectivity index (χ2v) is 11.7. The molecular weight excluding hydrogens is 520 g/mol. The number of aryl methyl sites for hydroxylation is 1. The first-order chi connectivity index (χ1) is 20.0. The summed E-state index contributed by atoms with van der Waals surface area (Å²) in [5.41, 5.74) is 3.58. The fourth-order valence-electron chi connectivity index (χ4n) is 6.37. The molecule has 0 N–H and O–H groups in total. The number of rotatable bonds is 8. The van der Waals surface area contributed by atoms with Crippen LogP contribution in [0.3, 0.4) is 0 Å². The highest BCUT2D eigenvalue weighted by molar-refractivity contribution is 5.87. The van der Waals surface area contributed by atoms with Gasteiger partial charge in [0, 0.05) is 49.5 Å². The van der Waals surface area contributed by atoms with Crippen molar-refractivity contribution in [1.82, 2.24) is 34.3 Å². The van der Waals surface area contributed by atoms with Gasteiger partial charge < -0.3 is 18.9 Å². The van der Waals surface area contributed by atoms with Crippen molar-refractivity contribution in [2.24, 2.45) is 11.8 Å². The molecule has 1 unspecified atom stereocenters. The van der Waals surface area contributed by atoms with Gasteiger partial charge in [0.05, 0.1) is 25.6 Å². The van der Waals surface area contributed by atoms with Gasteiger partial charge in [-0.2, -0.15) is 10.2 Å². The van der Waals surface area contributed by atoms with Crippen LogP contribution in [0, 0.1) is 30.1 Å². The van der Waals surface area contributed by atoms with E-state index >= 15 is 0 Å². The lowest BCUT2D eigenvalue weighted by molar-refractivity contribution is -0.137. The maximum Gasteiger partial charge on any atom is 0.239 e. The molecule has 0 aliphatic carbocycles. The number of hydrogen-bond donors (Lipinski definition) is 0. The molecule has 11 nitrogen and oxygen atoms in total. The van der Waals surface area contributed by atoms with Crippen LogP contribution in [0.1, 0.15) is 49.9 Å². The molecule has 3 fully saturated rings. The fraction of sp³-hybridized carbons (Fsp3) is 0.600. The Morgan fingerprint density at radius 3 is 2.71 bits per heavy atom. The molecule has 0 spiro atoms. The van der Waals surface area contributed by atoms with Gasteiger partial charge in [0.1, 0.15) is 17.3 Å². The highest BCUT2D eigenvalue weighted by atomic mass is 16.5. The molecule has 3 aliphatic rings. The van der Waals surface area contributed by atoms with Gasteiger partial charge in [0.2, 0.25) is 17.6 Å². The standard InChI is InChI=1S/C30H38N8O3/c1-20-14-23(26-27-28(35-25(15-31)34-26)38(19-33-27)17-22-7-12-40-18-22)16-32-29(20)41-13-8-21-5-10-37(11-6-21)30(39)24-4-3-9-36(24)2/h14,16,19,21-22,24H,3-13,17-18H2,1-2H3/t22?,24-/m0/s1. The zero-order valence-electron chi connectivity index (χ0n) is 24.0. The van der Waals surface area contributed by atoms with Crippen LogP contribution in [0.5, 0.6) is 5.88 Å². The Kier molecular flexibility index (Phi) is 8.12. The summed E-state index contributed by atoms with van der Waals surface area (Å²) in [6.07, 6.45) is 9.58. The van der Waals surface area contributed by atoms with Crippen LogP contribution in [0.25, 0.3) is 22.4 Å². The first-order valence-electron chi connectivity index (χ1n) is 14.8. The summed E-state index contributed by atoms with van der Waals surface area (Å²) in [6.45, 7) is 7.49. The van der Waals surface area contributed by atoms with Gasteiger partial charge in [-0.3, -0.25) is 9.69 Å². The van der Waals surface area contributed by atoms with Crippen molar-refractivity contribution in [3.8, 4) is 23.2 Å². The van der Waals surface area contributed by atoms with E-state index in [0.717, 1.165) is 89.0 Å². The van der Waals surface area contributed by atoms with Crippen LogP contribution in [-0.2, 0) is 16.1 Å². The van der Waals surface area contributed by atoms with Gasteiger partial charge in [0.25, 0.3) is 0 Å². The van der Waals surface area contributed by atoms with Crippen molar-refractivity contribution in [2.75, 3.05) is 46.5 Å². The third kappa shape index (κ3) is 5.90. The number of carbonyl (C=O) groups excluding carboxylic acids is 1. The molecule has 1 amide bonds. The number of pyridine rings is 1. The molecule has 216 valence electrons. The number of fused-ring (bicyclic) bond motifs is 1. The SMILES string of the molecule is Cc1cc(-c2nc(C#N)nc3c2ncn3CC2CCOC2)cnc1OCCC1CCN(C(=O)[C@@H]2CCCN2C)CC1. The van der Waals surface area contributed by atoms with Crippen LogP contribution in [0.4, 0.5) is 0 Å². The van der Waals surface area contributed by atoms with Gasteiger partial charge >= 0.3 is 0 Å². The predicted molar refractivity (Wildman–Crippen MR) is 152 cm³/mol. The Morgan fingerprint density at radius 2 is 2.00 bits per heavy atom. The molecular formula is C30H38N8O3. The van der Waals surface area contributed by atoms with E-state index < -0.39 is 0 Å². The van der Waals surface area contributed by atoms with E-state index in [1.165, 1.54) is 0 Å². The predicted octanol–water partition coefficient (Wildman–Crippen LogP) is 3.21. The monoisotopic (exact) mass is 558 g/mol. The molecule has 0 bridgehead atoms. The zero-order chi connectivity index (χ0) is 28.3. The maximum absolute atomic E-state index is 12.9. The summed E-state index contributed by atoms with van der Waals surface area (Å²) in [5, 5.41) is 9.60. The van der Waals surface area contributed by atoms with Crippen molar-refractivity contribution in [3.05, 3.63) is 30.0 Å². The van der Waals surface area contributed by atoms with Crippen molar-refractivity contribution < 1.29 is 14.3 Å². The van der Waals surface area contributed by atoms with Gasteiger partial charge in [-0.25, -0.2) is 15.0 Å².